The minimum atomic E-state index is -3.38. The van der Waals surface area contributed by atoms with E-state index in [4.69, 9.17) is 0 Å². The largest absolute Gasteiger partial charge is 0.385 e. The lowest BCUT2D eigenvalue weighted by atomic mass is 9.71. The Kier molecular flexibility index (Phi) is 3.50. The quantitative estimate of drug-likeness (QED) is 0.897. The number of aryl methyl sites for hydroxylation is 1. The van der Waals surface area contributed by atoms with Crippen LogP contribution in [0.15, 0.2) is 23.1 Å². The fourth-order valence-corrected chi connectivity index (χ4v) is 4.18. The number of rotatable bonds is 4. The fourth-order valence-electron chi connectivity index (χ4n) is 2.93. The minimum Gasteiger partial charge on any atom is -0.385 e. The highest BCUT2D eigenvalue weighted by molar-refractivity contribution is 7.89. The molecule has 110 valence electrons. The van der Waals surface area contributed by atoms with Crippen molar-refractivity contribution in [2.24, 2.45) is 5.41 Å². The van der Waals surface area contributed by atoms with Crippen LogP contribution in [0.4, 0.5) is 5.69 Å². The van der Waals surface area contributed by atoms with Gasteiger partial charge in [0, 0.05) is 18.8 Å². The van der Waals surface area contributed by atoms with Gasteiger partial charge in [-0.3, -0.25) is 0 Å². The van der Waals surface area contributed by atoms with E-state index in [0.29, 0.717) is 11.4 Å². The van der Waals surface area contributed by atoms with Gasteiger partial charge in [0.05, 0.1) is 4.90 Å². The smallest absolute Gasteiger partial charge is 0.240 e. The van der Waals surface area contributed by atoms with Gasteiger partial charge in [-0.05, 0) is 54.9 Å². The average Bonchev–Trinajstić information content (AvgIpc) is 2.42. The van der Waals surface area contributed by atoms with Gasteiger partial charge in [0.25, 0.3) is 0 Å². The molecule has 0 saturated heterocycles. The highest BCUT2D eigenvalue weighted by Crippen LogP contribution is 2.39. The monoisotopic (exact) mass is 294 g/mol. The molecule has 0 atom stereocenters. The van der Waals surface area contributed by atoms with Crippen molar-refractivity contribution in [2.45, 2.75) is 43.9 Å². The maximum Gasteiger partial charge on any atom is 0.240 e. The van der Waals surface area contributed by atoms with E-state index in [1.165, 1.54) is 6.42 Å². The normalized spacial score (nSPS) is 20.6. The van der Waals surface area contributed by atoms with E-state index in [2.05, 4.69) is 17.0 Å². The first kappa shape index (κ1) is 13.9. The van der Waals surface area contributed by atoms with Crippen molar-refractivity contribution in [3.05, 3.63) is 23.8 Å². The van der Waals surface area contributed by atoms with Crippen LogP contribution in [0.5, 0.6) is 0 Å². The van der Waals surface area contributed by atoms with Crippen LogP contribution >= 0.6 is 0 Å². The molecular weight excluding hydrogens is 272 g/mol. The standard InChI is InChI=1S/C15H22N2O2S/c1-15(7-3-8-15)11-17-20(18,19)13-5-6-14-12(10-13)4-2-9-16-14/h5-6,10,16-17H,2-4,7-9,11H2,1H3. The summed E-state index contributed by atoms with van der Waals surface area (Å²) in [4.78, 5) is 0.392. The van der Waals surface area contributed by atoms with Crippen LogP contribution in [0.2, 0.25) is 0 Å². The van der Waals surface area contributed by atoms with E-state index in [-0.39, 0.29) is 5.41 Å². The number of hydrogen-bond acceptors (Lipinski definition) is 3. The van der Waals surface area contributed by atoms with Crippen LogP contribution in [-0.4, -0.2) is 21.5 Å². The van der Waals surface area contributed by atoms with Gasteiger partial charge in [0.2, 0.25) is 10.0 Å². The van der Waals surface area contributed by atoms with E-state index in [0.717, 1.165) is 43.5 Å². The number of sulfonamides is 1. The molecule has 0 radical (unpaired) electrons. The number of benzene rings is 1. The molecule has 1 aromatic rings. The van der Waals surface area contributed by atoms with Gasteiger partial charge in [-0.2, -0.15) is 0 Å². The molecule has 0 bridgehead atoms. The average molecular weight is 294 g/mol. The molecule has 1 saturated carbocycles. The Morgan fingerprint density at radius 2 is 2.10 bits per heavy atom. The second kappa shape index (κ2) is 5.04. The topological polar surface area (TPSA) is 58.2 Å². The van der Waals surface area contributed by atoms with Crippen molar-refractivity contribution in [1.29, 1.82) is 0 Å². The minimum absolute atomic E-state index is 0.156. The Balaban J connectivity index is 1.76. The Labute approximate surface area is 121 Å². The molecule has 0 spiro atoms. The summed E-state index contributed by atoms with van der Waals surface area (Å²) in [6, 6.07) is 5.39. The predicted molar refractivity (Wildman–Crippen MR) is 80.4 cm³/mol. The number of anilines is 1. The van der Waals surface area contributed by atoms with Crippen LogP contribution in [-0.2, 0) is 16.4 Å². The summed E-state index contributed by atoms with van der Waals surface area (Å²) >= 11 is 0. The zero-order valence-corrected chi connectivity index (χ0v) is 12.7. The van der Waals surface area contributed by atoms with Crippen LogP contribution < -0.4 is 10.0 Å². The van der Waals surface area contributed by atoms with Gasteiger partial charge < -0.3 is 5.32 Å². The maximum absolute atomic E-state index is 12.4. The SMILES string of the molecule is CC1(CNS(=O)(=O)c2ccc3c(c2)CCCN3)CCC1. The first-order valence-electron chi connectivity index (χ1n) is 7.35. The third-order valence-corrected chi connectivity index (χ3v) is 5.97. The molecule has 1 aliphatic heterocycles. The Morgan fingerprint density at radius 3 is 2.80 bits per heavy atom. The molecule has 1 aliphatic carbocycles. The molecule has 1 heterocycles. The third kappa shape index (κ3) is 2.69. The van der Waals surface area contributed by atoms with Crippen molar-refractivity contribution in [3.63, 3.8) is 0 Å². The third-order valence-electron chi connectivity index (χ3n) is 4.57. The first-order chi connectivity index (χ1) is 9.49. The van der Waals surface area contributed by atoms with E-state index in [9.17, 15) is 8.42 Å². The number of nitrogens with one attached hydrogen (secondary N) is 2. The highest BCUT2D eigenvalue weighted by atomic mass is 32.2. The highest BCUT2D eigenvalue weighted by Gasteiger charge is 2.33. The summed E-state index contributed by atoms with van der Waals surface area (Å²) in [6.07, 6.45) is 5.45. The van der Waals surface area contributed by atoms with E-state index in [1.54, 1.807) is 6.07 Å². The molecule has 20 heavy (non-hydrogen) atoms. The Hall–Kier alpha value is -1.07. The van der Waals surface area contributed by atoms with Crippen molar-refractivity contribution in [3.8, 4) is 0 Å². The van der Waals surface area contributed by atoms with Gasteiger partial charge in [-0.1, -0.05) is 13.3 Å². The van der Waals surface area contributed by atoms with E-state index < -0.39 is 10.0 Å². The van der Waals surface area contributed by atoms with Crippen molar-refractivity contribution >= 4 is 15.7 Å². The van der Waals surface area contributed by atoms with E-state index >= 15 is 0 Å². The van der Waals surface area contributed by atoms with Gasteiger partial charge in [-0.15, -0.1) is 0 Å². The zero-order chi connectivity index (χ0) is 14.2. The molecule has 1 aromatic carbocycles. The molecule has 3 rings (SSSR count). The van der Waals surface area contributed by atoms with Gasteiger partial charge >= 0.3 is 0 Å². The van der Waals surface area contributed by atoms with E-state index in [1.807, 2.05) is 12.1 Å². The Bertz CT molecular complexity index is 606. The lowest BCUT2D eigenvalue weighted by Crippen LogP contribution is -2.39. The molecule has 0 unspecified atom stereocenters. The number of fused-ring (bicyclic) bond motifs is 1. The second-order valence-corrected chi connectivity index (χ2v) is 8.11. The molecule has 2 aliphatic rings. The van der Waals surface area contributed by atoms with Crippen LogP contribution in [0.3, 0.4) is 0 Å². The number of hydrogen-bond donors (Lipinski definition) is 2. The maximum atomic E-state index is 12.4. The van der Waals surface area contributed by atoms with Crippen LogP contribution in [0.25, 0.3) is 0 Å². The van der Waals surface area contributed by atoms with Crippen LogP contribution in [0.1, 0.15) is 38.2 Å². The lowest BCUT2D eigenvalue weighted by Gasteiger charge is -2.38. The van der Waals surface area contributed by atoms with Crippen LogP contribution in [0, 0.1) is 5.41 Å². The summed E-state index contributed by atoms with van der Waals surface area (Å²) in [5.41, 5.74) is 2.33. The van der Waals surface area contributed by atoms with Gasteiger partial charge in [0.15, 0.2) is 0 Å². The predicted octanol–water partition coefficient (Wildman–Crippen LogP) is 2.51. The van der Waals surface area contributed by atoms with Gasteiger partial charge in [0.1, 0.15) is 0 Å². The van der Waals surface area contributed by atoms with Crippen molar-refractivity contribution in [2.75, 3.05) is 18.4 Å². The van der Waals surface area contributed by atoms with Gasteiger partial charge in [-0.25, -0.2) is 13.1 Å². The van der Waals surface area contributed by atoms with Crippen molar-refractivity contribution in [1.82, 2.24) is 4.72 Å². The summed E-state index contributed by atoms with van der Waals surface area (Å²) in [7, 11) is -3.38. The molecular formula is C15H22N2O2S. The summed E-state index contributed by atoms with van der Waals surface area (Å²) < 4.78 is 27.5. The summed E-state index contributed by atoms with van der Waals surface area (Å²) in [6.45, 7) is 3.66. The lowest BCUT2D eigenvalue weighted by molar-refractivity contribution is 0.166. The van der Waals surface area contributed by atoms with Crippen molar-refractivity contribution < 1.29 is 8.42 Å². The zero-order valence-electron chi connectivity index (χ0n) is 11.9. The Morgan fingerprint density at radius 1 is 1.30 bits per heavy atom. The fraction of sp³-hybridized carbons (Fsp3) is 0.600. The summed E-state index contributed by atoms with van der Waals surface area (Å²) in [5, 5.41) is 3.30. The molecule has 0 amide bonds. The first-order valence-corrected chi connectivity index (χ1v) is 8.83. The molecule has 2 N–H and O–H groups in total. The second-order valence-electron chi connectivity index (χ2n) is 6.34. The summed E-state index contributed by atoms with van der Waals surface area (Å²) in [5.74, 6) is 0. The molecule has 1 fully saturated rings. The molecule has 4 nitrogen and oxygen atoms in total. The molecule has 0 aromatic heterocycles. The molecule has 5 heteroatoms.